The Morgan fingerprint density at radius 2 is 1.07 bits per heavy atom. The number of aliphatic carboxylic acids is 2. The van der Waals surface area contributed by atoms with Crippen molar-refractivity contribution in [2.45, 2.75) is 26.7 Å². The second kappa shape index (κ2) is 17.8. The zero-order valence-corrected chi connectivity index (χ0v) is 8.69. The van der Waals surface area contributed by atoms with E-state index in [1.807, 2.05) is 0 Å². The van der Waals surface area contributed by atoms with Crippen LogP contribution in [0.3, 0.4) is 0 Å². The highest BCUT2D eigenvalue weighted by Gasteiger charge is 1.81. The fourth-order valence-electron chi connectivity index (χ4n) is 0. The molecule has 86 valence electrons. The molecule has 6 heteroatoms. The Morgan fingerprint density at radius 1 is 0.929 bits per heavy atom. The maximum absolute atomic E-state index is 9.37. The number of hydrogen-bond acceptors (Lipinski definition) is 4. The first-order chi connectivity index (χ1) is 6.45. The molecule has 0 unspecified atom stereocenters. The monoisotopic (exact) mass is 208 g/mol. The van der Waals surface area contributed by atoms with E-state index in [9.17, 15) is 9.59 Å². The summed E-state index contributed by atoms with van der Waals surface area (Å²) in [5.41, 5.74) is 9.81. The van der Waals surface area contributed by atoms with Gasteiger partial charge in [0.25, 0.3) is 0 Å². The van der Waals surface area contributed by atoms with Gasteiger partial charge in [0, 0.05) is 25.9 Å². The van der Waals surface area contributed by atoms with Crippen LogP contribution in [0.4, 0.5) is 0 Å². The number of hydrogen-bond donors (Lipinski definition) is 4. The predicted molar refractivity (Wildman–Crippen MR) is 54.0 cm³/mol. The minimum atomic E-state index is -0.745. The summed E-state index contributed by atoms with van der Waals surface area (Å²) in [4.78, 5) is 18.7. The molecule has 0 amide bonds. The van der Waals surface area contributed by atoms with Gasteiger partial charge < -0.3 is 21.7 Å². The van der Waals surface area contributed by atoms with Gasteiger partial charge in [-0.15, -0.1) is 0 Å². The number of carboxylic acid groups (broad SMARTS) is 2. The molecule has 0 fully saturated rings. The van der Waals surface area contributed by atoms with Crippen LogP contribution in [0.1, 0.15) is 26.7 Å². The summed E-state index contributed by atoms with van der Waals surface area (Å²) in [5, 5.41) is 15.4. The molecule has 0 saturated heterocycles. The number of rotatable bonds is 3. The van der Waals surface area contributed by atoms with Crippen molar-refractivity contribution in [3.63, 3.8) is 0 Å². The first kappa shape index (κ1) is 18.6. The molecule has 6 nitrogen and oxygen atoms in total. The van der Waals surface area contributed by atoms with Gasteiger partial charge in [0.05, 0.1) is 0 Å². The third-order valence-corrected chi connectivity index (χ3v) is 0.772. The standard InChI is InChI=1S/2C3H6O2.C2H8N2/c2*1-2-3(4)5;3-1-2-4/h2*2H2,1H3,(H,4,5);1-4H2. The van der Waals surface area contributed by atoms with E-state index in [-0.39, 0.29) is 12.8 Å². The molecule has 0 bridgehead atoms. The quantitative estimate of drug-likeness (QED) is 0.511. The van der Waals surface area contributed by atoms with Crippen LogP contribution in [-0.4, -0.2) is 35.2 Å². The summed E-state index contributed by atoms with van der Waals surface area (Å²) in [5.74, 6) is -1.49. The van der Waals surface area contributed by atoms with Crippen LogP contribution in [0.25, 0.3) is 0 Å². The summed E-state index contributed by atoms with van der Waals surface area (Å²) in [6.45, 7) is 4.39. The number of carboxylic acids is 2. The maximum atomic E-state index is 9.37. The molecule has 0 aliphatic rings. The SMILES string of the molecule is CCC(=O)O.CCC(=O)O.NCCN. The van der Waals surface area contributed by atoms with Crippen molar-refractivity contribution in [3.8, 4) is 0 Å². The van der Waals surface area contributed by atoms with E-state index in [1.54, 1.807) is 13.8 Å². The van der Waals surface area contributed by atoms with Gasteiger partial charge in [-0.2, -0.15) is 0 Å². The van der Waals surface area contributed by atoms with Crippen LogP contribution in [0.15, 0.2) is 0 Å². The summed E-state index contributed by atoms with van der Waals surface area (Å²) in [6, 6.07) is 0. The lowest BCUT2D eigenvalue weighted by Crippen LogP contribution is -2.11. The molecule has 0 aliphatic carbocycles. The molecule has 0 aliphatic heterocycles. The molecule has 0 spiro atoms. The molecule has 0 aromatic rings. The smallest absolute Gasteiger partial charge is 0.303 e. The van der Waals surface area contributed by atoms with Gasteiger partial charge in [-0.3, -0.25) is 9.59 Å². The zero-order valence-electron chi connectivity index (χ0n) is 8.69. The van der Waals surface area contributed by atoms with Crippen LogP contribution >= 0.6 is 0 Å². The average Bonchev–Trinajstić information content (AvgIpc) is 2.19. The van der Waals surface area contributed by atoms with Gasteiger partial charge in [0.2, 0.25) is 0 Å². The third kappa shape index (κ3) is 70.9. The predicted octanol–water partition coefficient (Wildman–Crippen LogP) is -0.134. The Hall–Kier alpha value is -1.14. The summed E-state index contributed by atoms with van der Waals surface area (Å²) in [6.07, 6.45) is 0.444. The molecule has 0 rings (SSSR count). The summed E-state index contributed by atoms with van der Waals surface area (Å²) < 4.78 is 0. The van der Waals surface area contributed by atoms with Crippen molar-refractivity contribution in [2.24, 2.45) is 11.5 Å². The van der Waals surface area contributed by atoms with Crippen molar-refractivity contribution in [1.82, 2.24) is 0 Å². The van der Waals surface area contributed by atoms with Gasteiger partial charge in [-0.1, -0.05) is 13.8 Å². The van der Waals surface area contributed by atoms with Crippen molar-refractivity contribution < 1.29 is 19.8 Å². The molecule has 0 aromatic carbocycles. The Bertz CT molecular complexity index is 123. The highest BCUT2D eigenvalue weighted by Crippen LogP contribution is 1.67. The van der Waals surface area contributed by atoms with Crippen LogP contribution < -0.4 is 11.5 Å². The van der Waals surface area contributed by atoms with E-state index in [0.717, 1.165) is 0 Å². The molecule has 14 heavy (non-hydrogen) atoms. The number of carbonyl (C=O) groups is 2. The highest BCUT2D eigenvalue weighted by molar-refractivity contribution is 5.66. The zero-order chi connectivity index (χ0) is 12.0. The third-order valence-electron chi connectivity index (χ3n) is 0.772. The fraction of sp³-hybridized carbons (Fsp3) is 0.750. The van der Waals surface area contributed by atoms with Gasteiger partial charge in [0.15, 0.2) is 0 Å². The van der Waals surface area contributed by atoms with Crippen LogP contribution in [0, 0.1) is 0 Å². The van der Waals surface area contributed by atoms with Crippen LogP contribution in [0.2, 0.25) is 0 Å². The molecule has 0 heterocycles. The average molecular weight is 208 g/mol. The molecule has 0 aromatic heterocycles. The maximum Gasteiger partial charge on any atom is 0.303 e. The minimum absolute atomic E-state index is 0.222. The van der Waals surface area contributed by atoms with Gasteiger partial charge >= 0.3 is 11.9 Å². The lowest BCUT2D eigenvalue weighted by Gasteiger charge is -1.72. The molecule has 6 N–H and O–H groups in total. The minimum Gasteiger partial charge on any atom is -0.481 e. The normalized spacial score (nSPS) is 7.43. The van der Waals surface area contributed by atoms with E-state index >= 15 is 0 Å². The van der Waals surface area contributed by atoms with E-state index in [4.69, 9.17) is 21.7 Å². The first-order valence-electron chi connectivity index (χ1n) is 4.29. The lowest BCUT2D eigenvalue weighted by atomic mass is 10.5. The summed E-state index contributed by atoms with van der Waals surface area (Å²) >= 11 is 0. The Kier molecular flexibility index (Phi) is 23.7. The summed E-state index contributed by atoms with van der Waals surface area (Å²) in [7, 11) is 0. The Labute approximate surface area is 83.9 Å². The largest absolute Gasteiger partial charge is 0.481 e. The second-order valence-electron chi connectivity index (χ2n) is 2.07. The van der Waals surface area contributed by atoms with Crippen LogP contribution in [-0.2, 0) is 9.59 Å². The molecular formula is C8H20N2O4. The van der Waals surface area contributed by atoms with E-state index < -0.39 is 11.9 Å². The van der Waals surface area contributed by atoms with E-state index in [1.165, 1.54) is 0 Å². The van der Waals surface area contributed by atoms with Crippen molar-refractivity contribution in [3.05, 3.63) is 0 Å². The molecule has 0 radical (unpaired) electrons. The Balaban J connectivity index is -0.000000131. The van der Waals surface area contributed by atoms with E-state index in [2.05, 4.69) is 0 Å². The highest BCUT2D eigenvalue weighted by atomic mass is 16.4. The van der Waals surface area contributed by atoms with Crippen molar-refractivity contribution in [1.29, 1.82) is 0 Å². The topological polar surface area (TPSA) is 127 Å². The Morgan fingerprint density at radius 3 is 1.07 bits per heavy atom. The van der Waals surface area contributed by atoms with Crippen molar-refractivity contribution >= 4 is 11.9 Å². The van der Waals surface area contributed by atoms with Gasteiger partial charge in [0.1, 0.15) is 0 Å². The lowest BCUT2D eigenvalue weighted by molar-refractivity contribution is -0.137. The first-order valence-corrected chi connectivity index (χ1v) is 4.29. The molecule has 0 atom stereocenters. The van der Waals surface area contributed by atoms with Crippen LogP contribution in [0.5, 0.6) is 0 Å². The van der Waals surface area contributed by atoms with E-state index in [0.29, 0.717) is 13.1 Å². The van der Waals surface area contributed by atoms with Gasteiger partial charge in [-0.05, 0) is 0 Å². The van der Waals surface area contributed by atoms with Crippen molar-refractivity contribution in [2.75, 3.05) is 13.1 Å². The number of nitrogens with two attached hydrogens (primary N) is 2. The molecular weight excluding hydrogens is 188 g/mol. The fourth-order valence-corrected chi connectivity index (χ4v) is 0. The van der Waals surface area contributed by atoms with Gasteiger partial charge in [-0.25, -0.2) is 0 Å². The second-order valence-corrected chi connectivity index (χ2v) is 2.07. The molecule has 0 saturated carbocycles.